The number of benzene rings is 2. The van der Waals surface area contributed by atoms with Gasteiger partial charge in [0.25, 0.3) is 11.7 Å². The van der Waals surface area contributed by atoms with Crippen LogP contribution in [0, 0.1) is 0 Å². The minimum atomic E-state index is -2.52. The highest BCUT2D eigenvalue weighted by Gasteiger charge is 2.16. The molecule has 0 saturated heterocycles. The van der Waals surface area contributed by atoms with Gasteiger partial charge in [-0.1, -0.05) is 23.9 Å². The van der Waals surface area contributed by atoms with Crippen LogP contribution in [0.15, 0.2) is 78.0 Å². The molecule has 1 aromatic heterocycles. The Morgan fingerprint density at radius 3 is 2.50 bits per heavy atom. The first-order valence-corrected chi connectivity index (χ1v) is 9.58. The smallest absolute Gasteiger partial charge is 0.342 e. The highest BCUT2D eigenvalue weighted by atomic mass is 32.2. The number of nitrogens with one attached hydrogen (secondary N) is 1. The van der Waals surface area contributed by atoms with Gasteiger partial charge in [0.05, 0.1) is 6.20 Å². The molecule has 0 unspecified atom stereocenters. The number of halogens is 2. The van der Waals surface area contributed by atoms with Crippen molar-refractivity contribution in [2.45, 2.75) is 10.7 Å². The summed E-state index contributed by atoms with van der Waals surface area (Å²) in [5, 5.41) is 2.53. The Balaban J connectivity index is 1.56. The first-order valence-electron chi connectivity index (χ1n) is 8.70. The zero-order chi connectivity index (χ0) is 21.3. The van der Waals surface area contributed by atoms with E-state index in [9.17, 15) is 18.4 Å². The number of thioether (sulfide) groups is 1. The molecule has 0 atom stereocenters. The number of ether oxygens (including phenoxy) is 2. The molecule has 154 valence electrons. The molecular weight excluding hydrogens is 414 g/mol. The number of alkyl halides is 2. The number of hydrogen-bond acceptors (Lipinski definition) is 6. The maximum Gasteiger partial charge on any atom is 0.342 e. The number of carbonyl (C=O) groups excluding carboxylic acids is 2. The Morgan fingerprint density at radius 2 is 1.80 bits per heavy atom. The van der Waals surface area contributed by atoms with Gasteiger partial charge >= 0.3 is 5.97 Å². The number of amides is 1. The van der Waals surface area contributed by atoms with E-state index in [1.165, 1.54) is 36.5 Å². The summed E-state index contributed by atoms with van der Waals surface area (Å²) in [4.78, 5) is 28.7. The van der Waals surface area contributed by atoms with Crippen LogP contribution in [0.2, 0.25) is 0 Å². The summed E-state index contributed by atoms with van der Waals surface area (Å²) in [5.74, 6) is -3.10. The molecule has 3 aromatic rings. The Morgan fingerprint density at radius 1 is 1.03 bits per heavy atom. The van der Waals surface area contributed by atoms with Crippen molar-refractivity contribution in [1.82, 2.24) is 4.98 Å². The molecule has 0 fully saturated rings. The van der Waals surface area contributed by atoms with Gasteiger partial charge in [0.1, 0.15) is 17.1 Å². The van der Waals surface area contributed by atoms with E-state index in [-0.39, 0.29) is 11.3 Å². The molecule has 0 aliphatic heterocycles. The van der Waals surface area contributed by atoms with Crippen molar-refractivity contribution in [1.29, 1.82) is 0 Å². The Labute approximate surface area is 175 Å². The summed E-state index contributed by atoms with van der Waals surface area (Å²) in [7, 11) is 0. The SMILES string of the molecule is O=C(COC(=O)c1ccccc1Oc1cccnc1)Nc1ccc(SC(F)F)cc1. The van der Waals surface area contributed by atoms with Crippen LogP contribution in [0.1, 0.15) is 10.4 Å². The second-order valence-corrected chi connectivity index (χ2v) is 6.88. The van der Waals surface area contributed by atoms with E-state index in [0.717, 1.165) is 0 Å². The summed E-state index contributed by atoms with van der Waals surface area (Å²) in [6.07, 6.45) is 3.09. The minimum absolute atomic E-state index is 0.155. The van der Waals surface area contributed by atoms with Crippen molar-refractivity contribution in [3.63, 3.8) is 0 Å². The van der Waals surface area contributed by atoms with Crippen LogP contribution in [0.3, 0.4) is 0 Å². The molecule has 0 bridgehead atoms. The van der Waals surface area contributed by atoms with Gasteiger partial charge < -0.3 is 14.8 Å². The third-order valence-electron chi connectivity index (χ3n) is 3.67. The Kier molecular flexibility index (Phi) is 7.34. The van der Waals surface area contributed by atoms with Crippen molar-refractivity contribution >= 4 is 29.3 Å². The molecule has 3 rings (SSSR count). The fourth-order valence-corrected chi connectivity index (χ4v) is 2.88. The number of aromatic nitrogens is 1. The third kappa shape index (κ3) is 6.28. The van der Waals surface area contributed by atoms with Crippen LogP contribution in [-0.4, -0.2) is 29.2 Å². The van der Waals surface area contributed by atoms with Crippen molar-refractivity contribution < 1.29 is 27.8 Å². The normalized spacial score (nSPS) is 10.5. The quantitative estimate of drug-likeness (QED) is 0.401. The fraction of sp³-hybridized carbons (Fsp3) is 0.0952. The molecule has 0 aliphatic rings. The van der Waals surface area contributed by atoms with Gasteiger partial charge in [-0.15, -0.1) is 0 Å². The number of esters is 1. The predicted octanol–water partition coefficient (Wildman–Crippen LogP) is 4.98. The average molecular weight is 430 g/mol. The van der Waals surface area contributed by atoms with Crippen LogP contribution in [0.5, 0.6) is 11.5 Å². The van der Waals surface area contributed by atoms with Crippen LogP contribution in [-0.2, 0) is 9.53 Å². The highest BCUT2D eigenvalue weighted by Crippen LogP contribution is 2.27. The van der Waals surface area contributed by atoms with Crippen LogP contribution in [0.4, 0.5) is 14.5 Å². The lowest BCUT2D eigenvalue weighted by molar-refractivity contribution is -0.119. The van der Waals surface area contributed by atoms with Gasteiger partial charge in [0.2, 0.25) is 0 Å². The number of anilines is 1. The fourth-order valence-electron chi connectivity index (χ4n) is 2.38. The van der Waals surface area contributed by atoms with Crippen molar-refractivity contribution in [2.24, 2.45) is 0 Å². The molecule has 9 heteroatoms. The van der Waals surface area contributed by atoms with Crippen LogP contribution in [0.25, 0.3) is 0 Å². The lowest BCUT2D eigenvalue weighted by atomic mass is 10.2. The van der Waals surface area contributed by atoms with Crippen molar-refractivity contribution in [2.75, 3.05) is 11.9 Å². The molecule has 0 spiro atoms. The molecule has 1 amide bonds. The average Bonchev–Trinajstić information content (AvgIpc) is 2.74. The van der Waals surface area contributed by atoms with E-state index in [0.29, 0.717) is 28.1 Å². The number of rotatable bonds is 8. The zero-order valence-electron chi connectivity index (χ0n) is 15.5. The summed E-state index contributed by atoms with van der Waals surface area (Å²) < 4.78 is 35.4. The molecular formula is C21H16F2N2O4S. The lowest BCUT2D eigenvalue weighted by Gasteiger charge is -2.11. The third-order valence-corrected chi connectivity index (χ3v) is 4.39. The summed E-state index contributed by atoms with van der Waals surface area (Å²) in [6.45, 7) is -0.520. The molecule has 30 heavy (non-hydrogen) atoms. The standard InChI is InChI=1S/C21H16F2N2O4S/c22-21(23)30-16-9-7-14(8-10-16)25-19(26)13-28-20(27)17-5-1-2-6-18(17)29-15-4-3-11-24-12-15/h1-12,21H,13H2,(H,25,26). The molecule has 0 aliphatic carbocycles. The minimum Gasteiger partial charge on any atom is -0.455 e. The van der Waals surface area contributed by atoms with E-state index < -0.39 is 24.2 Å². The summed E-state index contributed by atoms with van der Waals surface area (Å²) in [5.41, 5.74) is 0.553. The number of nitrogens with zero attached hydrogens (tertiary/aromatic N) is 1. The number of pyridine rings is 1. The van der Waals surface area contributed by atoms with Gasteiger partial charge in [-0.25, -0.2) is 4.79 Å². The molecule has 0 saturated carbocycles. The number of carbonyl (C=O) groups is 2. The molecule has 1 heterocycles. The predicted molar refractivity (Wildman–Crippen MR) is 108 cm³/mol. The Hall–Kier alpha value is -3.46. The van der Waals surface area contributed by atoms with Gasteiger partial charge in [-0.3, -0.25) is 9.78 Å². The van der Waals surface area contributed by atoms with Crippen LogP contribution < -0.4 is 10.1 Å². The second-order valence-electron chi connectivity index (χ2n) is 5.81. The van der Waals surface area contributed by atoms with Crippen molar-refractivity contribution in [3.8, 4) is 11.5 Å². The molecule has 2 aromatic carbocycles. The zero-order valence-corrected chi connectivity index (χ0v) is 16.3. The number of para-hydroxylation sites is 1. The molecule has 6 nitrogen and oxygen atoms in total. The van der Waals surface area contributed by atoms with E-state index in [1.54, 1.807) is 36.5 Å². The maximum atomic E-state index is 12.4. The van der Waals surface area contributed by atoms with E-state index >= 15 is 0 Å². The van der Waals surface area contributed by atoms with Crippen molar-refractivity contribution in [3.05, 3.63) is 78.6 Å². The summed E-state index contributed by atoms with van der Waals surface area (Å²) in [6, 6.07) is 15.7. The topological polar surface area (TPSA) is 77.5 Å². The van der Waals surface area contributed by atoms with Crippen LogP contribution >= 0.6 is 11.8 Å². The highest BCUT2D eigenvalue weighted by molar-refractivity contribution is 7.99. The Bertz CT molecular complexity index is 1000. The lowest BCUT2D eigenvalue weighted by Crippen LogP contribution is -2.21. The van der Waals surface area contributed by atoms with E-state index in [1.807, 2.05) is 0 Å². The first-order chi connectivity index (χ1) is 14.5. The molecule has 0 radical (unpaired) electrons. The first kappa shape index (κ1) is 21.3. The van der Waals surface area contributed by atoms with Gasteiger partial charge in [-0.05, 0) is 48.5 Å². The van der Waals surface area contributed by atoms with Gasteiger partial charge in [-0.2, -0.15) is 8.78 Å². The largest absolute Gasteiger partial charge is 0.455 e. The van der Waals surface area contributed by atoms with E-state index in [2.05, 4.69) is 10.3 Å². The second kappa shape index (κ2) is 10.4. The van der Waals surface area contributed by atoms with Gasteiger partial charge in [0.15, 0.2) is 6.61 Å². The maximum absolute atomic E-state index is 12.4. The monoisotopic (exact) mass is 430 g/mol. The molecule has 1 N–H and O–H groups in total. The number of hydrogen-bond donors (Lipinski definition) is 1. The van der Waals surface area contributed by atoms with E-state index in [4.69, 9.17) is 9.47 Å². The van der Waals surface area contributed by atoms with Gasteiger partial charge in [0, 0.05) is 16.8 Å². The summed E-state index contributed by atoms with van der Waals surface area (Å²) >= 11 is 0.408.